The Morgan fingerprint density at radius 3 is 2.40 bits per heavy atom. The van der Waals surface area contributed by atoms with Gasteiger partial charge in [0.25, 0.3) is 15.9 Å². The molecule has 0 aliphatic heterocycles. The maximum atomic E-state index is 12.6. The standard InChI is InChI=1S/C20H18BrN3O5S/c1-13(22-20(26)18-6-3-11-29-18)19(25)23-16-4-2-5-17(12-16)30(27,28)24-15-9-7-14(21)8-10-15/h2-13,24H,1H3,(H,22,26)(H,23,25). The lowest BCUT2D eigenvalue weighted by Crippen LogP contribution is -2.41. The van der Waals surface area contributed by atoms with Crippen LogP contribution < -0.4 is 15.4 Å². The molecule has 0 aliphatic rings. The summed E-state index contributed by atoms with van der Waals surface area (Å²) in [5.74, 6) is -0.954. The van der Waals surface area contributed by atoms with E-state index < -0.39 is 27.9 Å². The Morgan fingerprint density at radius 2 is 1.73 bits per heavy atom. The highest BCUT2D eigenvalue weighted by Crippen LogP contribution is 2.21. The third kappa shape index (κ3) is 5.49. The number of furan rings is 1. The second-order valence-corrected chi connectivity index (χ2v) is 8.90. The van der Waals surface area contributed by atoms with Crippen molar-refractivity contribution >= 4 is 49.1 Å². The summed E-state index contributed by atoms with van der Waals surface area (Å²) in [6, 6.07) is 14.7. The van der Waals surface area contributed by atoms with Gasteiger partial charge in [0.2, 0.25) is 5.91 Å². The first-order chi connectivity index (χ1) is 14.2. The molecule has 1 unspecified atom stereocenters. The van der Waals surface area contributed by atoms with Crippen LogP contribution in [0.3, 0.4) is 0 Å². The SMILES string of the molecule is CC(NC(=O)c1ccco1)C(=O)Nc1cccc(S(=O)(=O)Nc2ccc(Br)cc2)c1. The van der Waals surface area contributed by atoms with Crippen molar-refractivity contribution in [2.45, 2.75) is 17.9 Å². The van der Waals surface area contributed by atoms with Gasteiger partial charge in [-0.15, -0.1) is 0 Å². The first-order valence-electron chi connectivity index (χ1n) is 8.78. The molecule has 30 heavy (non-hydrogen) atoms. The van der Waals surface area contributed by atoms with Crippen LogP contribution in [0, 0.1) is 0 Å². The average Bonchev–Trinajstić information content (AvgIpc) is 3.25. The van der Waals surface area contributed by atoms with Crippen molar-refractivity contribution < 1.29 is 22.4 Å². The molecule has 0 spiro atoms. The number of hydrogen-bond donors (Lipinski definition) is 3. The van der Waals surface area contributed by atoms with Crippen molar-refractivity contribution in [1.29, 1.82) is 0 Å². The molecule has 10 heteroatoms. The number of sulfonamides is 1. The third-order valence-electron chi connectivity index (χ3n) is 3.99. The zero-order valence-electron chi connectivity index (χ0n) is 15.8. The quantitative estimate of drug-likeness (QED) is 0.466. The summed E-state index contributed by atoms with van der Waals surface area (Å²) in [4.78, 5) is 24.3. The summed E-state index contributed by atoms with van der Waals surface area (Å²) in [6.45, 7) is 1.51. The molecular formula is C20H18BrN3O5S. The predicted octanol–water partition coefficient (Wildman–Crippen LogP) is 3.60. The number of carbonyl (C=O) groups is 2. The predicted molar refractivity (Wildman–Crippen MR) is 116 cm³/mol. The van der Waals surface area contributed by atoms with Crippen molar-refractivity contribution in [3.63, 3.8) is 0 Å². The molecule has 3 aromatic rings. The number of anilines is 2. The first-order valence-corrected chi connectivity index (χ1v) is 11.1. The zero-order chi connectivity index (χ0) is 21.7. The molecule has 1 heterocycles. The van der Waals surface area contributed by atoms with Crippen molar-refractivity contribution in [3.8, 4) is 0 Å². The van der Waals surface area contributed by atoms with Crippen LogP contribution in [0.4, 0.5) is 11.4 Å². The lowest BCUT2D eigenvalue weighted by atomic mass is 10.2. The van der Waals surface area contributed by atoms with Gasteiger partial charge >= 0.3 is 0 Å². The minimum Gasteiger partial charge on any atom is -0.459 e. The third-order valence-corrected chi connectivity index (χ3v) is 5.90. The van der Waals surface area contributed by atoms with Gasteiger partial charge in [-0.1, -0.05) is 22.0 Å². The van der Waals surface area contributed by atoms with E-state index in [1.54, 1.807) is 36.4 Å². The van der Waals surface area contributed by atoms with Crippen LogP contribution in [0.25, 0.3) is 0 Å². The molecule has 3 N–H and O–H groups in total. The first kappa shape index (κ1) is 21.6. The normalized spacial score (nSPS) is 12.1. The Morgan fingerprint density at radius 1 is 1.00 bits per heavy atom. The topological polar surface area (TPSA) is 118 Å². The molecule has 1 atom stereocenters. The molecule has 0 saturated heterocycles. The summed E-state index contributed by atoms with van der Waals surface area (Å²) in [5.41, 5.74) is 0.680. The number of benzene rings is 2. The fourth-order valence-corrected chi connectivity index (χ4v) is 3.83. The van der Waals surface area contributed by atoms with E-state index in [0.29, 0.717) is 5.69 Å². The van der Waals surface area contributed by atoms with Gasteiger partial charge in [0.1, 0.15) is 6.04 Å². The molecule has 156 valence electrons. The highest BCUT2D eigenvalue weighted by Gasteiger charge is 2.19. The fourth-order valence-electron chi connectivity index (χ4n) is 2.46. The van der Waals surface area contributed by atoms with Crippen LogP contribution in [0.2, 0.25) is 0 Å². The van der Waals surface area contributed by atoms with Crippen LogP contribution in [-0.4, -0.2) is 26.3 Å². The Kier molecular flexibility index (Phi) is 6.58. The van der Waals surface area contributed by atoms with E-state index in [4.69, 9.17) is 4.42 Å². The highest BCUT2D eigenvalue weighted by molar-refractivity contribution is 9.10. The second kappa shape index (κ2) is 9.14. The van der Waals surface area contributed by atoms with Crippen LogP contribution in [0.5, 0.6) is 0 Å². The van der Waals surface area contributed by atoms with Gasteiger partial charge in [0, 0.05) is 15.8 Å². The van der Waals surface area contributed by atoms with Gasteiger partial charge in [0.05, 0.1) is 11.2 Å². The Bertz CT molecular complexity index is 1150. The molecule has 0 radical (unpaired) electrons. The molecule has 0 aliphatic carbocycles. The average molecular weight is 492 g/mol. The molecule has 2 aromatic carbocycles. The van der Waals surface area contributed by atoms with E-state index >= 15 is 0 Å². The summed E-state index contributed by atoms with van der Waals surface area (Å²) in [7, 11) is -3.85. The summed E-state index contributed by atoms with van der Waals surface area (Å²) >= 11 is 3.29. The maximum Gasteiger partial charge on any atom is 0.287 e. The van der Waals surface area contributed by atoms with Crippen molar-refractivity contribution in [3.05, 3.63) is 77.2 Å². The molecule has 0 bridgehead atoms. The number of carbonyl (C=O) groups excluding carboxylic acids is 2. The second-order valence-electron chi connectivity index (χ2n) is 6.30. The number of nitrogens with one attached hydrogen (secondary N) is 3. The van der Waals surface area contributed by atoms with Crippen LogP contribution >= 0.6 is 15.9 Å². The van der Waals surface area contributed by atoms with Gasteiger partial charge in [-0.25, -0.2) is 8.42 Å². The minimum atomic E-state index is -3.85. The largest absolute Gasteiger partial charge is 0.459 e. The number of rotatable bonds is 7. The van der Waals surface area contributed by atoms with Crippen LogP contribution in [0.15, 0.2) is 80.7 Å². The van der Waals surface area contributed by atoms with E-state index in [0.717, 1.165) is 4.47 Å². The van der Waals surface area contributed by atoms with Gasteiger partial charge in [-0.2, -0.15) is 0 Å². The number of hydrogen-bond acceptors (Lipinski definition) is 5. The minimum absolute atomic E-state index is 0.0181. The Labute approximate surface area is 181 Å². The number of halogens is 1. The Hall–Kier alpha value is -3.11. The highest BCUT2D eigenvalue weighted by atomic mass is 79.9. The number of amides is 2. The molecule has 3 rings (SSSR count). The van der Waals surface area contributed by atoms with Crippen LogP contribution in [-0.2, 0) is 14.8 Å². The maximum absolute atomic E-state index is 12.6. The lowest BCUT2D eigenvalue weighted by Gasteiger charge is -2.14. The molecule has 1 aromatic heterocycles. The van der Waals surface area contributed by atoms with E-state index in [-0.39, 0.29) is 16.3 Å². The molecule has 2 amide bonds. The van der Waals surface area contributed by atoms with E-state index in [9.17, 15) is 18.0 Å². The fraction of sp³-hybridized carbons (Fsp3) is 0.100. The van der Waals surface area contributed by atoms with Gasteiger partial charge in [-0.3, -0.25) is 14.3 Å². The van der Waals surface area contributed by atoms with Gasteiger partial charge < -0.3 is 15.1 Å². The van der Waals surface area contributed by atoms with Crippen molar-refractivity contribution in [1.82, 2.24) is 5.32 Å². The van der Waals surface area contributed by atoms with Crippen molar-refractivity contribution in [2.75, 3.05) is 10.0 Å². The lowest BCUT2D eigenvalue weighted by molar-refractivity contribution is -0.117. The Balaban J connectivity index is 1.67. The van der Waals surface area contributed by atoms with Crippen LogP contribution in [0.1, 0.15) is 17.5 Å². The smallest absolute Gasteiger partial charge is 0.287 e. The van der Waals surface area contributed by atoms with E-state index in [1.807, 2.05) is 0 Å². The molecular weight excluding hydrogens is 474 g/mol. The van der Waals surface area contributed by atoms with Gasteiger partial charge in [-0.05, 0) is 61.5 Å². The monoisotopic (exact) mass is 491 g/mol. The van der Waals surface area contributed by atoms with E-state index in [1.165, 1.54) is 37.5 Å². The molecule has 8 nitrogen and oxygen atoms in total. The molecule has 0 fully saturated rings. The molecule has 0 saturated carbocycles. The summed E-state index contributed by atoms with van der Waals surface area (Å²) < 4.78 is 33.5. The zero-order valence-corrected chi connectivity index (χ0v) is 18.2. The summed E-state index contributed by atoms with van der Waals surface area (Å²) in [6.07, 6.45) is 1.36. The summed E-state index contributed by atoms with van der Waals surface area (Å²) in [5, 5.41) is 5.10. The van der Waals surface area contributed by atoms with E-state index in [2.05, 4.69) is 31.3 Å². The van der Waals surface area contributed by atoms with Gasteiger partial charge in [0.15, 0.2) is 5.76 Å². The van der Waals surface area contributed by atoms with Crippen molar-refractivity contribution in [2.24, 2.45) is 0 Å².